The first-order chi connectivity index (χ1) is 7.18. The summed E-state index contributed by atoms with van der Waals surface area (Å²) in [7, 11) is 0. The fourth-order valence-electron chi connectivity index (χ4n) is 1.36. The average molecular weight is 223 g/mol. The van der Waals surface area contributed by atoms with Crippen LogP contribution in [0, 0.1) is 10.1 Å². The van der Waals surface area contributed by atoms with Crippen molar-refractivity contribution in [3.8, 4) is 5.69 Å². The van der Waals surface area contributed by atoms with Crippen molar-refractivity contribution in [2.24, 2.45) is 0 Å². The second-order valence-corrected chi connectivity index (χ2v) is 3.42. The number of nitrogens with zero attached hydrogens (tertiary/aromatic N) is 2. The summed E-state index contributed by atoms with van der Waals surface area (Å²) in [4.78, 5) is 10.4. The van der Waals surface area contributed by atoms with Crippen molar-refractivity contribution in [3.05, 3.63) is 57.9 Å². The summed E-state index contributed by atoms with van der Waals surface area (Å²) in [6.07, 6.45) is 3.49. The molecule has 2 aromatic rings. The molecule has 0 amide bonds. The van der Waals surface area contributed by atoms with Gasteiger partial charge >= 0.3 is 0 Å². The number of nitro benzene ring substituents is 1. The number of hydrogen-bond donors (Lipinski definition) is 0. The van der Waals surface area contributed by atoms with Crippen molar-refractivity contribution in [3.63, 3.8) is 0 Å². The molecular formula is C10H7ClN2O2. The molecule has 0 aliphatic heterocycles. The Morgan fingerprint density at radius 1 is 1.27 bits per heavy atom. The molecule has 0 saturated carbocycles. The molecule has 0 radical (unpaired) electrons. The van der Waals surface area contributed by atoms with Gasteiger partial charge in [-0.05, 0) is 24.3 Å². The van der Waals surface area contributed by atoms with Gasteiger partial charge in [0.25, 0.3) is 5.69 Å². The first-order valence-corrected chi connectivity index (χ1v) is 4.63. The van der Waals surface area contributed by atoms with Gasteiger partial charge in [0.1, 0.15) is 5.69 Å². The van der Waals surface area contributed by atoms with Crippen LogP contribution in [0.4, 0.5) is 5.69 Å². The lowest BCUT2D eigenvalue weighted by atomic mass is 10.2. The maximum atomic E-state index is 10.8. The summed E-state index contributed by atoms with van der Waals surface area (Å²) < 4.78 is 1.68. The molecule has 1 aromatic carbocycles. The van der Waals surface area contributed by atoms with Gasteiger partial charge in [0, 0.05) is 23.5 Å². The smallest absolute Gasteiger partial charge is 0.294 e. The van der Waals surface area contributed by atoms with E-state index in [-0.39, 0.29) is 5.69 Å². The second kappa shape index (κ2) is 3.74. The molecule has 15 heavy (non-hydrogen) atoms. The largest absolute Gasteiger partial charge is 0.318 e. The molecule has 0 saturated heterocycles. The lowest BCUT2D eigenvalue weighted by Gasteiger charge is -2.03. The van der Waals surface area contributed by atoms with Crippen LogP contribution in [0.3, 0.4) is 0 Å². The predicted molar refractivity (Wildman–Crippen MR) is 57.4 cm³/mol. The van der Waals surface area contributed by atoms with E-state index in [1.54, 1.807) is 41.2 Å². The molecule has 1 heterocycles. The molecule has 0 atom stereocenters. The number of rotatable bonds is 2. The number of hydrogen-bond acceptors (Lipinski definition) is 2. The van der Waals surface area contributed by atoms with E-state index in [4.69, 9.17) is 11.6 Å². The fraction of sp³-hybridized carbons (Fsp3) is 0. The van der Waals surface area contributed by atoms with Crippen molar-refractivity contribution < 1.29 is 4.92 Å². The Hall–Kier alpha value is -1.81. The molecule has 0 N–H and O–H groups in total. The molecular weight excluding hydrogens is 216 g/mol. The summed E-state index contributed by atoms with van der Waals surface area (Å²) in [5.41, 5.74) is 0.508. The summed E-state index contributed by atoms with van der Waals surface area (Å²) in [5, 5.41) is 11.2. The first-order valence-electron chi connectivity index (χ1n) is 4.26. The Bertz CT molecular complexity index is 494. The molecule has 76 valence electrons. The summed E-state index contributed by atoms with van der Waals surface area (Å²) >= 11 is 5.71. The standard InChI is InChI=1S/C10H7ClN2O2/c11-8-3-4-9(10(7-8)13(14)15)12-5-1-2-6-12/h1-7H. The molecule has 0 aliphatic rings. The van der Waals surface area contributed by atoms with Crippen molar-refractivity contribution in [1.82, 2.24) is 4.57 Å². The molecule has 0 bridgehead atoms. The molecule has 0 aliphatic carbocycles. The lowest BCUT2D eigenvalue weighted by Crippen LogP contribution is -1.97. The molecule has 2 rings (SSSR count). The minimum Gasteiger partial charge on any atom is -0.318 e. The van der Waals surface area contributed by atoms with Gasteiger partial charge in [-0.15, -0.1) is 0 Å². The van der Waals surface area contributed by atoms with Crippen LogP contribution in [0.1, 0.15) is 0 Å². The lowest BCUT2D eigenvalue weighted by molar-refractivity contribution is -0.384. The van der Waals surface area contributed by atoms with Crippen molar-refractivity contribution in [1.29, 1.82) is 0 Å². The zero-order chi connectivity index (χ0) is 10.8. The van der Waals surface area contributed by atoms with Crippen LogP contribution < -0.4 is 0 Å². The highest BCUT2D eigenvalue weighted by molar-refractivity contribution is 6.30. The van der Waals surface area contributed by atoms with Crippen LogP contribution in [0.2, 0.25) is 5.02 Å². The number of aromatic nitrogens is 1. The van der Waals surface area contributed by atoms with Gasteiger partial charge in [0.05, 0.1) is 4.92 Å². The fourth-order valence-corrected chi connectivity index (χ4v) is 1.52. The summed E-state index contributed by atoms with van der Waals surface area (Å²) in [5.74, 6) is 0. The zero-order valence-corrected chi connectivity index (χ0v) is 8.39. The Morgan fingerprint density at radius 2 is 1.93 bits per heavy atom. The monoisotopic (exact) mass is 222 g/mol. The SMILES string of the molecule is O=[N+]([O-])c1cc(Cl)ccc1-n1cccc1. The van der Waals surface area contributed by atoms with Crippen LogP contribution >= 0.6 is 11.6 Å². The summed E-state index contributed by atoms with van der Waals surface area (Å²) in [6.45, 7) is 0. The number of halogens is 1. The quantitative estimate of drug-likeness (QED) is 0.579. The third-order valence-electron chi connectivity index (χ3n) is 2.02. The molecule has 0 spiro atoms. The van der Waals surface area contributed by atoms with Crippen LogP contribution in [0.25, 0.3) is 5.69 Å². The third kappa shape index (κ3) is 1.85. The minimum atomic E-state index is -0.443. The van der Waals surface area contributed by atoms with Crippen molar-refractivity contribution in [2.75, 3.05) is 0 Å². The molecule has 0 fully saturated rings. The van der Waals surface area contributed by atoms with E-state index in [1.807, 2.05) is 0 Å². The molecule has 4 nitrogen and oxygen atoms in total. The van der Waals surface area contributed by atoms with Crippen LogP contribution in [0.15, 0.2) is 42.7 Å². The van der Waals surface area contributed by atoms with Crippen LogP contribution in [-0.2, 0) is 0 Å². The average Bonchev–Trinajstić information content (AvgIpc) is 2.70. The van der Waals surface area contributed by atoms with Crippen molar-refractivity contribution >= 4 is 17.3 Å². The highest BCUT2D eigenvalue weighted by atomic mass is 35.5. The van der Waals surface area contributed by atoms with E-state index >= 15 is 0 Å². The van der Waals surface area contributed by atoms with Gasteiger partial charge in [-0.3, -0.25) is 10.1 Å². The van der Waals surface area contributed by atoms with Gasteiger partial charge in [-0.2, -0.15) is 0 Å². The second-order valence-electron chi connectivity index (χ2n) is 2.98. The van der Waals surface area contributed by atoms with E-state index in [0.29, 0.717) is 10.7 Å². The Balaban J connectivity index is 2.61. The topological polar surface area (TPSA) is 48.1 Å². The molecule has 1 aromatic heterocycles. The zero-order valence-electron chi connectivity index (χ0n) is 7.63. The summed E-state index contributed by atoms with van der Waals surface area (Å²) in [6, 6.07) is 8.21. The Labute approximate surface area is 90.9 Å². The van der Waals surface area contributed by atoms with E-state index in [2.05, 4.69) is 0 Å². The normalized spacial score (nSPS) is 10.2. The Morgan fingerprint density at radius 3 is 2.53 bits per heavy atom. The maximum absolute atomic E-state index is 10.8. The predicted octanol–water partition coefficient (Wildman–Crippen LogP) is 3.04. The van der Waals surface area contributed by atoms with E-state index in [9.17, 15) is 10.1 Å². The first kappa shape index (κ1) is 9.73. The maximum Gasteiger partial charge on any atom is 0.294 e. The highest BCUT2D eigenvalue weighted by Gasteiger charge is 2.14. The number of nitro groups is 1. The van der Waals surface area contributed by atoms with E-state index < -0.39 is 4.92 Å². The van der Waals surface area contributed by atoms with Crippen LogP contribution in [0.5, 0.6) is 0 Å². The van der Waals surface area contributed by atoms with Gasteiger partial charge in [0.2, 0.25) is 0 Å². The van der Waals surface area contributed by atoms with Gasteiger partial charge < -0.3 is 4.57 Å². The van der Waals surface area contributed by atoms with Gasteiger partial charge in [0.15, 0.2) is 0 Å². The van der Waals surface area contributed by atoms with E-state index in [1.165, 1.54) is 6.07 Å². The highest BCUT2D eigenvalue weighted by Crippen LogP contribution is 2.26. The minimum absolute atomic E-state index is 0.00120. The Kier molecular flexibility index (Phi) is 2.43. The van der Waals surface area contributed by atoms with E-state index in [0.717, 1.165) is 0 Å². The van der Waals surface area contributed by atoms with Gasteiger partial charge in [-0.25, -0.2) is 0 Å². The molecule has 0 unspecified atom stereocenters. The third-order valence-corrected chi connectivity index (χ3v) is 2.25. The number of benzene rings is 1. The molecule has 5 heteroatoms. The van der Waals surface area contributed by atoms with Crippen LogP contribution in [-0.4, -0.2) is 9.49 Å². The van der Waals surface area contributed by atoms with Gasteiger partial charge in [-0.1, -0.05) is 11.6 Å². The van der Waals surface area contributed by atoms with Crippen molar-refractivity contribution in [2.45, 2.75) is 0 Å².